The zero-order valence-corrected chi connectivity index (χ0v) is 35.0. The molecule has 0 spiro atoms. The number of nitrogens with zero attached hydrogens (tertiary/aromatic N) is 2. The number of fused-ring (bicyclic) bond motifs is 2. The summed E-state index contributed by atoms with van der Waals surface area (Å²) >= 11 is 2.88. The van der Waals surface area contributed by atoms with Gasteiger partial charge in [-0.25, -0.2) is 9.59 Å². The smallest absolute Gasteiger partial charge is 0.669 e. The van der Waals surface area contributed by atoms with Gasteiger partial charge in [-0.3, -0.25) is 9.59 Å². The molecular formula is C30H38B2N2Na2O14S2. The van der Waals surface area contributed by atoms with Gasteiger partial charge in [0.15, 0.2) is 0 Å². The summed E-state index contributed by atoms with van der Waals surface area (Å²) in [5, 5.41) is 57.9. The maximum absolute atomic E-state index is 11.7. The fourth-order valence-corrected chi connectivity index (χ4v) is 6.74. The van der Waals surface area contributed by atoms with Gasteiger partial charge in [-0.1, -0.05) is 24.8 Å². The molecular weight excluding hydrogens is 744 g/mol. The number of hydrogen-bond donors (Lipinski definition) is 6. The van der Waals surface area contributed by atoms with E-state index in [9.17, 15) is 49.5 Å². The SMILES string of the molecule is CSCC(=O)N1CC(Oc2ccc3c(c2C(=O)O)O[B-](O)(O)CC3)C1.CSCC(=O)N1CC(Oc2ccc3c(c2C(=O)O)O[B-](O)(O)CC3)C1.[Na+].[Na+]. The minimum absolute atomic E-state index is 0. The van der Waals surface area contributed by atoms with Crippen LogP contribution in [0.5, 0.6) is 23.0 Å². The molecule has 0 unspecified atom stereocenters. The van der Waals surface area contributed by atoms with Gasteiger partial charge in [0.05, 0.1) is 49.2 Å². The summed E-state index contributed by atoms with van der Waals surface area (Å²) in [6.45, 7) is -4.56. The first-order valence-electron chi connectivity index (χ1n) is 15.8. The Bertz CT molecular complexity index is 1540. The second kappa shape index (κ2) is 18.7. The van der Waals surface area contributed by atoms with Crippen molar-refractivity contribution in [3.8, 4) is 23.0 Å². The summed E-state index contributed by atoms with van der Waals surface area (Å²) in [6.07, 6.45) is 3.74. The average Bonchev–Trinajstić information content (AvgIpc) is 2.98. The Hall–Kier alpha value is -1.81. The summed E-state index contributed by atoms with van der Waals surface area (Å²) in [5.41, 5.74) is 0.743. The number of hydrogen-bond acceptors (Lipinski definition) is 14. The molecule has 0 atom stereocenters. The Kier molecular flexibility index (Phi) is 16.0. The first-order chi connectivity index (χ1) is 23.6. The molecule has 2 aromatic carbocycles. The number of aryl methyl sites for hydroxylation is 2. The van der Waals surface area contributed by atoms with Crippen molar-refractivity contribution in [1.29, 1.82) is 0 Å². The standard InChI is InChI=1S/2C15H19BNO7S.2Na/c2*1-25-8-12(18)17-6-10(7-17)23-11-3-2-9-4-5-16(21,22)24-14(9)13(11)15(19)20;;/h2*2-3,10,21-22H,4-8H2,1H3,(H,19,20);;/q2*-1;2*+1. The first kappa shape index (κ1) is 44.6. The predicted molar refractivity (Wildman–Crippen MR) is 184 cm³/mol. The van der Waals surface area contributed by atoms with Crippen LogP contribution in [0.15, 0.2) is 24.3 Å². The Balaban J connectivity index is 0.000000270. The van der Waals surface area contributed by atoms with Crippen molar-refractivity contribution >= 4 is 60.8 Å². The molecule has 0 aliphatic carbocycles. The molecule has 22 heteroatoms. The second-order valence-electron chi connectivity index (χ2n) is 12.4. The molecule has 2 aromatic rings. The third kappa shape index (κ3) is 10.7. The number of rotatable bonds is 10. The summed E-state index contributed by atoms with van der Waals surface area (Å²) in [4.78, 5) is 50.1. The zero-order valence-electron chi connectivity index (χ0n) is 29.4. The number of likely N-dealkylation sites (tertiary alicyclic amines) is 2. The summed E-state index contributed by atoms with van der Waals surface area (Å²) in [7, 11) is 0. The van der Waals surface area contributed by atoms with E-state index in [1.54, 1.807) is 34.1 Å². The summed E-state index contributed by atoms with van der Waals surface area (Å²) in [5.74, 6) is -1.62. The van der Waals surface area contributed by atoms with E-state index in [-0.39, 0.29) is 130 Å². The molecule has 6 N–H and O–H groups in total. The molecule has 4 heterocycles. The van der Waals surface area contributed by atoms with E-state index < -0.39 is 25.4 Å². The van der Waals surface area contributed by atoms with E-state index in [4.69, 9.17) is 18.8 Å². The molecule has 4 aliphatic rings. The number of carbonyl (C=O) groups is 4. The van der Waals surface area contributed by atoms with Crippen molar-refractivity contribution in [3.05, 3.63) is 46.5 Å². The van der Waals surface area contributed by atoms with Crippen LogP contribution < -0.4 is 77.9 Å². The van der Waals surface area contributed by atoms with Crippen LogP contribution >= 0.6 is 23.5 Å². The minimum atomic E-state index is -3.07. The Morgan fingerprint density at radius 2 is 1.04 bits per heavy atom. The predicted octanol–water partition coefficient (Wildman–Crippen LogP) is -5.60. The fourth-order valence-electron chi connectivity index (χ4n) is 5.88. The fraction of sp³-hybridized carbons (Fsp3) is 0.467. The summed E-state index contributed by atoms with van der Waals surface area (Å²) in [6, 6.07) is 6.43. The third-order valence-corrected chi connectivity index (χ3v) is 9.62. The van der Waals surface area contributed by atoms with Crippen molar-refractivity contribution < 1.29 is 127 Å². The van der Waals surface area contributed by atoms with Gasteiger partial charge < -0.3 is 58.9 Å². The molecule has 52 heavy (non-hydrogen) atoms. The van der Waals surface area contributed by atoms with Crippen LogP contribution in [0.3, 0.4) is 0 Å². The van der Waals surface area contributed by atoms with Crippen molar-refractivity contribution in [2.45, 2.75) is 37.7 Å². The number of carbonyl (C=O) groups excluding carboxylic acids is 2. The van der Waals surface area contributed by atoms with E-state index in [0.29, 0.717) is 61.7 Å². The molecule has 0 bridgehead atoms. The van der Waals surface area contributed by atoms with Crippen LogP contribution in [0.4, 0.5) is 0 Å². The van der Waals surface area contributed by atoms with Gasteiger partial charge in [-0.15, -0.1) is 0 Å². The topological polar surface area (TPSA) is 233 Å². The maximum atomic E-state index is 11.7. The van der Waals surface area contributed by atoms with Crippen molar-refractivity contribution in [3.63, 3.8) is 0 Å². The van der Waals surface area contributed by atoms with Gasteiger partial charge in [0.1, 0.15) is 34.8 Å². The van der Waals surface area contributed by atoms with Crippen LogP contribution in [0.2, 0.25) is 12.6 Å². The Labute approximate surface area is 352 Å². The number of thioether (sulfide) groups is 2. The van der Waals surface area contributed by atoms with Gasteiger partial charge in [0, 0.05) is 0 Å². The quantitative estimate of drug-likeness (QED) is 0.123. The van der Waals surface area contributed by atoms with Crippen LogP contribution in [-0.2, 0) is 22.4 Å². The van der Waals surface area contributed by atoms with E-state index >= 15 is 0 Å². The van der Waals surface area contributed by atoms with Gasteiger partial charge in [0.25, 0.3) is 0 Å². The number of carboxylic acids is 2. The Morgan fingerprint density at radius 1 is 0.692 bits per heavy atom. The van der Waals surface area contributed by atoms with Crippen molar-refractivity contribution in [2.75, 3.05) is 50.2 Å². The zero-order chi connectivity index (χ0) is 36.4. The van der Waals surface area contributed by atoms with E-state index in [1.807, 2.05) is 12.5 Å². The number of benzene rings is 2. The normalized spacial score (nSPS) is 18.0. The van der Waals surface area contributed by atoms with Gasteiger partial charge >= 0.3 is 84.6 Å². The Morgan fingerprint density at radius 3 is 1.35 bits per heavy atom. The van der Waals surface area contributed by atoms with Crippen molar-refractivity contribution in [1.82, 2.24) is 9.80 Å². The number of aromatic carboxylic acids is 2. The largest absolute Gasteiger partial charge is 1.00 e. The molecule has 16 nitrogen and oxygen atoms in total. The van der Waals surface area contributed by atoms with E-state index in [2.05, 4.69) is 0 Å². The van der Waals surface area contributed by atoms with Gasteiger partial charge in [-0.05, 0) is 48.6 Å². The van der Waals surface area contributed by atoms with E-state index in [0.717, 1.165) is 0 Å². The monoisotopic (exact) mass is 782 g/mol. The minimum Gasteiger partial charge on any atom is -0.669 e. The summed E-state index contributed by atoms with van der Waals surface area (Å²) < 4.78 is 21.7. The molecule has 0 radical (unpaired) electrons. The van der Waals surface area contributed by atoms with Gasteiger partial charge in [0.2, 0.25) is 11.8 Å². The molecule has 4 aliphatic heterocycles. The van der Waals surface area contributed by atoms with Crippen LogP contribution in [0.25, 0.3) is 0 Å². The third-order valence-electron chi connectivity index (χ3n) is 8.55. The maximum Gasteiger partial charge on any atom is 1.00 e. The number of amides is 2. The number of ether oxygens (including phenoxy) is 2. The van der Waals surface area contributed by atoms with Crippen molar-refractivity contribution in [2.24, 2.45) is 0 Å². The molecule has 6 rings (SSSR count). The molecule has 0 aromatic heterocycles. The molecule has 2 saturated heterocycles. The van der Waals surface area contributed by atoms with Crippen LogP contribution in [-0.4, -0.2) is 140 Å². The molecule has 2 amide bonds. The molecule has 0 saturated carbocycles. The first-order valence-corrected chi connectivity index (χ1v) is 18.6. The molecule has 2 fully saturated rings. The molecule has 272 valence electrons. The van der Waals surface area contributed by atoms with E-state index in [1.165, 1.54) is 23.5 Å². The van der Waals surface area contributed by atoms with Crippen LogP contribution in [0.1, 0.15) is 31.8 Å². The second-order valence-corrected chi connectivity index (χ2v) is 14.2. The average molecular weight is 782 g/mol. The van der Waals surface area contributed by atoms with Gasteiger partial charge in [-0.2, -0.15) is 23.5 Å². The van der Waals surface area contributed by atoms with Crippen LogP contribution in [0, 0.1) is 0 Å². The number of carboxylic acid groups (broad SMARTS) is 2.